The maximum absolute atomic E-state index is 12.3. The number of hydrogen-bond donors (Lipinski definition) is 3. The number of hydrogen-bond acceptors (Lipinski definition) is 5. The number of rotatable bonds is 5. The van der Waals surface area contributed by atoms with Crippen molar-refractivity contribution in [2.75, 3.05) is 23.9 Å². The first-order valence-electron chi connectivity index (χ1n) is 7.78. The number of amides is 2. The van der Waals surface area contributed by atoms with Gasteiger partial charge in [-0.15, -0.1) is 0 Å². The lowest BCUT2D eigenvalue weighted by molar-refractivity contribution is -0.118. The number of primary amides is 1. The zero-order valence-corrected chi connectivity index (χ0v) is 13.7. The van der Waals surface area contributed by atoms with Crippen LogP contribution in [0.25, 0.3) is 0 Å². The van der Waals surface area contributed by atoms with Gasteiger partial charge in [0.1, 0.15) is 11.8 Å². The molecule has 2 amide bonds. The average molecular weight is 341 g/mol. The summed E-state index contributed by atoms with van der Waals surface area (Å²) in [5.74, 6) is -0.191. The molecule has 1 aliphatic heterocycles. The monoisotopic (exact) mass is 341 g/mol. The molecule has 3 rings (SSSR count). The van der Waals surface area contributed by atoms with Gasteiger partial charge in [-0.05, 0) is 35.9 Å². The van der Waals surface area contributed by atoms with E-state index in [2.05, 4.69) is 5.32 Å². The van der Waals surface area contributed by atoms with Crippen LogP contribution in [0.4, 0.5) is 11.4 Å². The summed E-state index contributed by atoms with van der Waals surface area (Å²) in [7, 11) is 1.59. The van der Waals surface area contributed by atoms with Gasteiger partial charge in [-0.1, -0.05) is 12.1 Å². The van der Waals surface area contributed by atoms with E-state index in [9.17, 15) is 14.7 Å². The average Bonchev–Trinajstić information content (AvgIpc) is 2.61. The predicted octanol–water partition coefficient (Wildman–Crippen LogP) is 1.11. The Kier molecular flexibility index (Phi) is 4.58. The first kappa shape index (κ1) is 16.8. The van der Waals surface area contributed by atoms with Crippen LogP contribution in [0.5, 0.6) is 5.75 Å². The Balaban J connectivity index is 2.00. The fourth-order valence-corrected chi connectivity index (χ4v) is 2.91. The largest absolute Gasteiger partial charge is 0.497 e. The molecule has 1 aliphatic rings. The number of benzene rings is 2. The normalized spacial score (nSPS) is 16.2. The lowest BCUT2D eigenvalue weighted by atomic mass is 10.0. The first-order chi connectivity index (χ1) is 12.0. The third-order valence-electron chi connectivity index (χ3n) is 4.19. The van der Waals surface area contributed by atoms with Crippen molar-refractivity contribution < 1.29 is 19.4 Å². The second kappa shape index (κ2) is 6.82. The molecular weight excluding hydrogens is 322 g/mol. The van der Waals surface area contributed by atoms with E-state index in [0.29, 0.717) is 29.2 Å². The minimum absolute atomic E-state index is 0.308. The van der Waals surface area contributed by atoms with Crippen LogP contribution in [0.15, 0.2) is 42.5 Å². The van der Waals surface area contributed by atoms with Gasteiger partial charge in [0, 0.05) is 12.1 Å². The number of nitrogens with one attached hydrogen (secondary N) is 1. The minimum Gasteiger partial charge on any atom is -0.497 e. The minimum atomic E-state index is -0.724. The van der Waals surface area contributed by atoms with E-state index in [1.54, 1.807) is 30.2 Å². The molecule has 0 fully saturated rings. The maximum Gasteiger partial charge on any atom is 0.249 e. The highest BCUT2D eigenvalue weighted by Crippen LogP contribution is 2.34. The highest BCUT2D eigenvalue weighted by Gasteiger charge is 2.32. The van der Waals surface area contributed by atoms with Gasteiger partial charge in [0.05, 0.1) is 25.1 Å². The molecule has 0 aromatic heterocycles. The molecule has 0 bridgehead atoms. The second-order valence-electron chi connectivity index (χ2n) is 5.76. The Labute approximate surface area is 145 Å². The molecule has 0 aliphatic carbocycles. The summed E-state index contributed by atoms with van der Waals surface area (Å²) in [4.78, 5) is 25.5. The molecule has 1 unspecified atom stereocenters. The van der Waals surface area contributed by atoms with Crippen molar-refractivity contribution in [3.8, 4) is 5.75 Å². The molecule has 0 saturated heterocycles. The Morgan fingerprint density at radius 2 is 2.12 bits per heavy atom. The van der Waals surface area contributed by atoms with Crippen molar-refractivity contribution in [1.82, 2.24) is 0 Å². The van der Waals surface area contributed by atoms with Crippen LogP contribution in [-0.2, 0) is 11.3 Å². The van der Waals surface area contributed by atoms with Gasteiger partial charge in [0.15, 0.2) is 0 Å². The number of anilines is 2. The van der Waals surface area contributed by atoms with Gasteiger partial charge in [0.25, 0.3) is 0 Å². The van der Waals surface area contributed by atoms with Crippen LogP contribution in [0.3, 0.4) is 0 Å². The summed E-state index contributed by atoms with van der Waals surface area (Å²) in [6.07, 6.45) is 0. The highest BCUT2D eigenvalue weighted by atomic mass is 16.5. The van der Waals surface area contributed by atoms with E-state index in [-0.39, 0.29) is 12.5 Å². The fraction of sp³-hybridized carbons (Fsp3) is 0.222. The lowest BCUT2D eigenvalue weighted by Crippen LogP contribution is -2.49. The van der Waals surface area contributed by atoms with Gasteiger partial charge in [-0.3, -0.25) is 9.59 Å². The molecular formula is C18H19N3O4. The molecule has 0 saturated carbocycles. The SMILES string of the molecule is COc1cccc(CN2c3ccc(C(N)=O)cc3NC(=O)C2CO)c1. The number of carbonyl (C=O) groups excluding carboxylic acids is 2. The van der Waals surface area contributed by atoms with Gasteiger partial charge in [-0.25, -0.2) is 0 Å². The van der Waals surface area contributed by atoms with Crippen LogP contribution < -0.4 is 20.7 Å². The standard InChI is InChI=1S/C18H19N3O4/c1-25-13-4-2-3-11(7-13)9-21-15-6-5-12(17(19)23)8-14(15)20-18(24)16(21)10-22/h2-8,16,22H,9-10H2,1H3,(H2,19,23)(H,20,24). The fourth-order valence-electron chi connectivity index (χ4n) is 2.91. The Bertz CT molecular complexity index is 822. The van der Waals surface area contributed by atoms with Crippen molar-refractivity contribution in [2.45, 2.75) is 12.6 Å². The quantitative estimate of drug-likeness (QED) is 0.756. The zero-order valence-electron chi connectivity index (χ0n) is 13.7. The molecule has 1 atom stereocenters. The Hall–Kier alpha value is -3.06. The second-order valence-corrected chi connectivity index (χ2v) is 5.76. The number of methoxy groups -OCH3 is 1. The van der Waals surface area contributed by atoms with Gasteiger partial charge in [-0.2, -0.15) is 0 Å². The van der Waals surface area contributed by atoms with Gasteiger partial charge < -0.3 is 25.8 Å². The van der Waals surface area contributed by atoms with E-state index in [0.717, 1.165) is 5.56 Å². The zero-order chi connectivity index (χ0) is 18.0. The molecule has 0 radical (unpaired) electrons. The number of carbonyl (C=O) groups is 2. The van der Waals surface area contributed by atoms with Crippen molar-refractivity contribution in [2.24, 2.45) is 5.73 Å². The molecule has 4 N–H and O–H groups in total. The first-order valence-corrected chi connectivity index (χ1v) is 7.78. The third kappa shape index (κ3) is 3.27. The third-order valence-corrected chi connectivity index (χ3v) is 4.19. The van der Waals surface area contributed by atoms with E-state index in [1.165, 1.54) is 0 Å². The van der Waals surface area contributed by atoms with E-state index in [1.807, 2.05) is 24.3 Å². The molecule has 0 spiro atoms. The van der Waals surface area contributed by atoms with Crippen LogP contribution in [0.2, 0.25) is 0 Å². The van der Waals surface area contributed by atoms with Crippen LogP contribution >= 0.6 is 0 Å². The number of fused-ring (bicyclic) bond motifs is 1. The molecule has 2 aromatic carbocycles. The van der Waals surface area contributed by atoms with Crippen LogP contribution in [-0.4, -0.2) is 36.7 Å². The summed E-state index contributed by atoms with van der Waals surface area (Å²) in [5.41, 5.74) is 7.75. The Morgan fingerprint density at radius 1 is 1.32 bits per heavy atom. The summed E-state index contributed by atoms with van der Waals surface area (Å²) in [5, 5.41) is 12.4. The van der Waals surface area contributed by atoms with Crippen molar-refractivity contribution in [3.05, 3.63) is 53.6 Å². The number of aliphatic hydroxyl groups excluding tert-OH is 1. The van der Waals surface area contributed by atoms with Crippen molar-refractivity contribution in [1.29, 1.82) is 0 Å². The smallest absolute Gasteiger partial charge is 0.249 e. The molecule has 7 heteroatoms. The molecule has 25 heavy (non-hydrogen) atoms. The van der Waals surface area contributed by atoms with E-state index < -0.39 is 11.9 Å². The summed E-state index contributed by atoms with van der Waals surface area (Å²) < 4.78 is 5.23. The number of nitrogens with two attached hydrogens (primary N) is 1. The summed E-state index contributed by atoms with van der Waals surface area (Å²) in [6.45, 7) is 0.0750. The van der Waals surface area contributed by atoms with Crippen LogP contribution in [0, 0.1) is 0 Å². The highest BCUT2D eigenvalue weighted by molar-refractivity contribution is 6.05. The molecule has 2 aromatic rings. The van der Waals surface area contributed by atoms with E-state index >= 15 is 0 Å². The number of nitrogens with zero attached hydrogens (tertiary/aromatic N) is 1. The molecule has 130 valence electrons. The topological polar surface area (TPSA) is 105 Å². The van der Waals surface area contributed by atoms with E-state index in [4.69, 9.17) is 10.5 Å². The predicted molar refractivity (Wildman–Crippen MR) is 93.6 cm³/mol. The number of ether oxygens (including phenoxy) is 1. The molecule has 1 heterocycles. The van der Waals surface area contributed by atoms with Crippen molar-refractivity contribution in [3.63, 3.8) is 0 Å². The lowest BCUT2D eigenvalue weighted by Gasteiger charge is -2.37. The summed E-state index contributed by atoms with van der Waals surface area (Å²) >= 11 is 0. The number of aliphatic hydroxyl groups is 1. The molecule has 7 nitrogen and oxygen atoms in total. The van der Waals surface area contributed by atoms with Gasteiger partial charge in [0.2, 0.25) is 11.8 Å². The van der Waals surface area contributed by atoms with Crippen molar-refractivity contribution >= 4 is 23.2 Å². The van der Waals surface area contributed by atoms with Gasteiger partial charge >= 0.3 is 0 Å². The summed E-state index contributed by atoms with van der Waals surface area (Å²) in [6, 6.07) is 11.6. The van der Waals surface area contributed by atoms with Crippen LogP contribution in [0.1, 0.15) is 15.9 Å². The Morgan fingerprint density at radius 3 is 2.80 bits per heavy atom. The maximum atomic E-state index is 12.3.